The second-order valence-electron chi connectivity index (χ2n) is 7.22. The summed E-state index contributed by atoms with van der Waals surface area (Å²) in [4.78, 5) is 19.1. The lowest BCUT2D eigenvalue weighted by Gasteiger charge is -2.16. The van der Waals surface area contributed by atoms with Crippen LogP contribution < -0.4 is 36.7 Å². The van der Waals surface area contributed by atoms with Crippen LogP contribution in [0.15, 0.2) is 42.6 Å². The first kappa shape index (κ1) is 23.5. The van der Waals surface area contributed by atoms with E-state index in [4.69, 9.17) is 31.4 Å². The first-order chi connectivity index (χ1) is 15.9. The largest absolute Gasteiger partial charge is 0.493 e. The van der Waals surface area contributed by atoms with Gasteiger partial charge in [0.05, 0.1) is 20.8 Å². The van der Waals surface area contributed by atoms with Gasteiger partial charge in [-0.2, -0.15) is 4.98 Å². The highest BCUT2D eigenvalue weighted by atomic mass is 16.5. The van der Waals surface area contributed by atoms with Crippen LogP contribution in [0.4, 0.5) is 17.5 Å². The molecule has 0 saturated heterocycles. The number of nitrogens with two attached hydrogens (primary N) is 3. The van der Waals surface area contributed by atoms with Crippen molar-refractivity contribution in [1.82, 2.24) is 9.97 Å². The summed E-state index contributed by atoms with van der Waals surface area (Å²) in [6, 6.07) is 10.7. The average Bonchev–Trinajstić information content (AvgIpc) is 2.81. The van der Waals surface area contributed by atoms with E-state index in [2.05, 4.69) is 15.3 Å². The summed E-state index contributed by atoms with van der Waals surface area (Å²) < 4.78 is 17.0. The molecule has 0 aliphatic rings. The monoisotopic (exact) mass is 452 g/mol. The maximum atomic E-state index is 11.1. The number of benzene rings is 2. The van der Waals surface area contributed by atoms with E-state index in [0.717, 1.165) is 23.2 Å². The van der Waals surface area contributed by atoms with E-state index in [9.17, 15) is 4.79 Å². The Balaban J connectivity index is 1.60. The summed E-state index contributed by atoms with van der Waals surface area (Å²) in [6.07, 6.45) is 2.82. The van der Waals surface area contributed by atoms with Crippen LogP contribution >= 0.6 is 0 Å². The number of nitrogens with zero attached hydrogens (tertiary/aromatic N) is 2. The molecular formula is C23H28N6O4. The molecule has 10 heteroatoms. The molecule has 0 saturated carbocycles. The third-order valence-corrected chi connectivity index (χ3v) is 4.90. The molecule has 7 N–H and O–H groups in total. The smallest absolute Gasteiger partial charge is 0.248 e. The quantitative estimate of drug-likeness (QED) is 0.320. The number of nitrogen functional groups attached to an aromatic ring is 2. The SMILES string of the molecule is COc1cc(Cc2cnc(N)nc2N)cc(OC)c1OCCCNc1ccc(C(N)=O)cc1. The molecule has 3 rings (SSSR count). The molecule has 0 fully saturated rings. The van der Waals surface area contributed by atoms with Crippen molar-refractivity contribution in [3.05, 3.63) is 59.3 Å². The van der Waals surface area contributed by atoms with Crippen LogP contribution in [0, 0.1) is 0 Å². The Bertz CT molecular complexity index is 1080. The summed E-state index contributed by atoms with van der Waals surface area (Å²) in [5.74, 6) is 1.64. The zero-order valence-electron chi connectivity index (χ0n) is 18.6. The molecule has 3 aromatic rings. The average molecular weight is 453 g/mol. The Kier molecular flexibility index (Phi) is 7.74. The van der Waals surface area contributed by atoms with Gasteiger partial charge in [-0.1, -0.05) is 0 Å². The van der Waals surface area contributed by atoms with Crippen LogP contribution in [0.25, 0.3) is 0 Å². The summed E-state index contributed by atoms with van der Waals surface area (Å²) in [5.41, 5.74) is 19.8. The number of nitrogens with one attached hydrogen (secondary N) is 1. The Morgan fingerprint density at radius 1 is 1.06 bits per heavy atom. The number of hydrogen-bond acceptors (Lipinski definition) is 9. The number of methoxy groups -OCH3 is 2. The van der Waals surface area contributed by atoms with Gasteiger partial charge in [-0.15, -0.1) is 0 Å². The highest BCUT2D eigenvalue weighted by Crippen LogP contribution is 2.39. The van der Waals surface area contributed by atoms with Crippen LogP contribution in [0.2, 0.25) is 0 Å². The second kappa shape index (κ2) is 10.9. The fourth-order valence-electron chi connectivity index (χ4n) is 3.20. The van der Waals surface area contributed by atoms with Crippen LogP contribution in [0.5, 0.6) is 17.2 Å². The minimum Gasteiger partial charge on any atom is -0.493 e. The maximum absolute atomic E-state index is 11.1. The third-order valence-electron chi connectivity index (χ3n) is 4.90. The summed E-state index contributed by atoms with van der Waals surface area (Å²) in [6.45, 7) is 1.12. The third kappa shape index (κ3) is 6.16. The van der Waals surface area contributed by atoms with Gasteiger partial charge in [0, 0.05) is 36.0 Å². The van der Waals surface area contributed by atoms with E-state index >= 15 is 0 Å². The molecule has 2 aromatic carbocycles. The van der Waals surface area contributed by atoms with Crippen LogP contribution in [-0.2, 0) is 6.42 Å². The molecule has 1 heterocycles. The summed E-state index contributed by atoms with van der Waals surface area (Å²) in [7, 11) is 3.15. The zero-order chi connectivity index (χ0) is 23.8. The zero-order valence-corrected chi connectivity index (χ0v) is 18.6. The molecule has 33 heavy (non-hydrogen) atoms. The second-order valence-corrected chi connectivity index (χ2v) is 7.22. The van der Waals surface area contributed by atoms with Crippen LogP contribution in [-0.4, -0.2) is 43.2 Å². The number of anilines is 3. The number of amides is 1. The fourth-order valence-corrected chi connectivity index (χ4v) is 3.20. The Labute approximate surface area is 192 Å². The fraction of sp³-hybridized carbons (Fsp3) is 0.261. The molecule has 0 aliphatic carbocycles. The summed E-state index contributed by atoms with van der Waals surface area (Å²) >= 11 is 0. The van der Waals surface area contributed by atoms with Crippen molar-refractivity contribution in [3.63, 3.8) is 0 Å². The van der Waals surface area contributed by atoms with Gasteiger partial charge < -0.3 is 36.7 Å². The summed E-state index contributed by atoms with van der Waals surface area (Å²) in [5, 5.41) is 3.27. The number of ether oxygens (including phenoxy) is 3. The number of carbonyl (C=O) groups excluding carboxylic acids is 1. The van der Waals surface area contributed by atoms with Gasteiger partial charge in [0.15, 0.2) is 11.5 Å². The standard InChI is InChI=1S/C23H28N6O4/c1-31-18-11-14(10-16-13-28-23(26)29-21(16)24)12-19(32-2)20(18)33-9-3-8-27-17-6-4-15(5-7-17)22(25)30/h4-7,11-13,27H,3,8-10H2,1-2H3,(H2,25,30)(H4,24,26,28,29). The van der Waals surface area contributed by atoms with Crippen LogP contribution in [0.3, 0.4) is 0 Å². The van der Waals surface area contributed by atoms with Crippen LogP contribution in [0.1, 0.15) is 27.9 Å². The van der Waals surface area contributed by atoms with Gasteiger partial charge in [-0.3, -0.25) is 4.79 Å². The van der Waals surface area contributed by atoms with Crippen molar-refractivity contribution >= 4 is 23.4 Å². The highest BCUT2D eigenvalue weighted by molar-refractivity contribution is 5.93. The number of hydrogen-bond donors (Lipinski definition) is 4. The minimum atomic E-state index is -0.450. The van der Waals surface area contributed by atoms with Crippen molar-refractivity contribution in [3.8, 4) is 17.2 Å². The van der Waals surface area contributed by atoms with Gasteiger partial charge in [0.25, 0.3) is 0 Å². The van der Waals surface area contributed by atoms with Gasteiger partial charge in [0.1, 0.15) is 5.82 Å². The molecule has 174 valence electrons. The molecule has 0 aliphatic heterocycles. The molecule has 0 bridgehead atoms. The van der Waals surface area contributed by atoms with E-state index in [-0.39, 0.29) is 5.95 Å². The van der Waals surface area contributed by atoms with E-state index in [1.54, 1.807) is 32.5 Å². The molecule has 0 spiro atoms. The van der Waals surface area contributed by atoms with Crippen molar-refractivity contribution in [2.24, 2.45) is 5.73 Å². The molecule has 0 atom stereocenters. The minimum absolute atomic E-state index is 0.132. The molecule has 0 unspecified atom stereocenters. The number of aromatic nitrogens is 2. The lowest BCUT2D eigenvalue weighted by Crippen LogP contribution is -2.11. The molecule has 0 radical (unpaired) electrons. The molecular weight excluding hydrogens is 424 g/mol. The van der Waals surface area contributed by atoms with Gasteiger partial charge in [-0.05, 0) is 48.4 Å². The molecule has 10 nitrogen and oxygen atoms in total. The van der Waals surface area contributed by atoms with Crippen molar-refractivity contribution < 1.29 is 19.0 Å². The lowest BCUT2D eigenvalue weighted by atomic mass is 10.1. The predicted molar refractivity (Wildman–Crippen MR) is 127 cm³/mol. The van der Waals surface area contributed by atoms with E-state index < -0.39 is 5.91 Å². The number of rotatable bonds is 11. The van der Waals surface area contributed by atoms with E-state index in [0.29, 0.717) is 48.2 Å². The predicted octanol–water partition coefficient (Wildman–Crippen LogP) is 2.23. The van der Waals surface area contributed by atoms with Crippen molar-refractivity contribution in [2.45, 2.75) is 12.8 Å². The molecule has 1 aromatic heterocycles. The first-order valence-electron chi connectivity index (χ1n) is 10.3. The Hall–Kier alpha value is -4.21. The number of primary amides is 1. The Morgan fingerprint density at radius 3 is 2.30 bits per heavy atom. The first-order valence-corrected chi connectivity index (χ1v) is 10.3. The Morgan fingerprint density at radius 2 is 1.73 bits per heavy atom. The lowest BCUT2D eigenvalue weighted by molar-refractivity contribution is 0.100. The molecule has 1 amide bonds. The van der Waals surface area contributed by atoms with Crippen molar-refractivity contribution in [2.75, 3.05) is 44.2 Å². The van der Waals surface area contributed by atoms with Crippen molar-refractivity contribution in [1.29, 1.82) is 0 Å². The van der Waals surface area contributed by atoms with Gasteiger partial charge in [0.2, 0.25) is 17.6 Å². The topological polar surface area (TPSA) is 161 Å². The highest BCUT2D eigenvalue weighted by Gasteiger charge is 2.15. The van der Waals surface area contributed by atoms with E-state index in [1.807, 2.05) is 24.3 Å². The normalized spacial score (nSPS) is 10.5. The maximum Gasteiger partial charge on any atom is 0.248 e. The van der Waals surface area contributed by atoms with Gasteiger partial charge in [-0.25, -0.2) is 4.98 Å². The number of carbonyl (C=O) groups is 1. The van der Waals surface area contributed by atoms with Gasteiger partial charge >= 0.3 is 0 Å². The van der Waals surface area contributed by atoms with E-state index in [1.165, 1.54) is 0 Å².